The summed E-state index contributed by atoms with van der Waals surface area (Å²) in [5, 5.41) is 3.11. The van der Waals surface area contributed by atoms with E-state index in [1.807, 2.05) is 6.92 Å². The highest BCUT2D eigenvalue weighted by atomic mass is 16.5. The average Bonchev–Trinajstić information content (AvgIpc) is 2.37. The second-order valence-electron chi connectivity index (χ2n) is 4.92. The lowest BCUT2D eigenvalue weighted by atomic mass is 10.0. The molecule has 0 aliphatic carbocycles. The summed E-state index contributed by atoms with van der Waals surface area (Å²) in [7, 11) is 2.14. The third kappa shape index (κ3) is 3.96. The number of piperidine rings is 1. The van der Waals surface area contributed by atoms with E-state index in [0.717, 1.165) is 13.1 Å². The molecule has 19 heavy (non-hydrogen) atoms. The van der Waals surface area contributed by atoms with Crippen LogP contribution >= 0.6 is 0 Å². The first-order valence-electron chi connectivity index (χ1n) is 6.90. The normalized spacial score (nSPS) is 20.2. The van der Waals surface area contributed by atoms with Gasteiger partial charge in [0.15, 0.2) is 0 Å². The van der Waals surface area contributed by atoms with Crippen LogP contribution in [-0.4, -0.2) is 47.7 Å². The van der Waals surface area contributed by atoms with Gasteiger partial charge in [-0.2, -0.15) is 9.97 Å². The first kappa shape index (κ1) is 13.9. The SMILES string of the molecule is CCNc1cc(OCC2CCCCN2C)nc(N)n1. The van der Waals surface area contributed by atoms with Crippen molar-refractivity contribution in [1.29, 1.82) is 0 Å². The van der Waals surface area contributed by atoms with Crippen molar-refractivity contribution >= 4 is 11.8 Å². The van der Waals surface area contributed by atoms with E-state index < -0.39 is 0 Å². The molecule has 1 aliphatic heterocycles. The van der Waals surface area contributed by atoms with Crippen LogP contribution in [0.1, 0.15) is 26.2 Å². The molecule has 1 unspecified atom stereocenters. The number of rotatable bonds is 5. The van der Waals surface area contributed by atoms with Gasteiger partial charge in [-0.15, -0.1) is 0 Å². The molecule has 0 amide bonds. The molecule has 6 nitrogen and oxygen atoms in total. The second-order valence-corrected chi connectivity index (χ2v) is 4.92. The number of ether oxygens (including phenoxy) is 1. The number of nitrogen functional groups attached to an aromatic ring is 1. The fraction of sp³-hybridized carbons (Fsp3) is 0.692. The van der Waals surface area contributed by atoms with Gasteiger partial charge in [0, 0.05) is 18.7 Å². The van der Waals surface area contributed by atoms with Crippen molar-refractivity contribution in [3.8, 4) is 5.88 Å². The predicted octanol–water partition coefficient (Wildman–Crippen LogP) is 1.35. The molecular formula is C13H23N5O. The second kappa shape index (κ2) is 6.56. The van der Waals surface area contributed by atoms with E-state index in [1.54, 1.807) is 6.07 Å². The summed E-state index contributed by atoms with van der Waals surface area (Å²) in [6.45, 7) is 4.60. The Balaban J connectivity index is 1.94. The van der Waals surface area contributed by atoms with Gasteiger partial charge in [0.2, 0.25) is 11.8 Å². The summed E-state index contributed by atoms with van der Waals surface area (Å²) in [5.41, 5.74) is 5.67. The van der Waals surface area contributed by atoms with Crippen LogP contribution in [0.25, 0.3) is 0 Å². The van der Waals surface area contributed by atoms with Crippen LogP contribution in [0.3, 0.4) is 0 Å². The van der Waals surface area contributed by atoms with Gasteiger partial charge in [0.25, 0.3) is 0 Å². The average molecular weight is 265 g/mol. The highest BCUT2D eigenvalue weighted by Gasteiger charge is 2.19. The van der Waals surface area contributed by atoms with E-state index in [0.29, 0.717) is 24.3 Å². The van der Waals surface area contributed by atoms with Crippen molar-refractivity contribution < 1.29 is 4.74 Å². The molecule has 1 aromatic rings. The van der Waals surface area contributed by atoms with Crippen molar-refractivity contribution in [3.05, 3.63) is 6.07 Å². The molecule has 2 heterocycles. The first-order chi connectivity index (χ1) is 9.19. The molecule has 0 spiro atoms. The standard InChI is InChI=1S/C13H23N5O/c1-3-15-11-8-12(17-13(14)16-11)19-9-10-6-4-5-7-18(10)2/h8,10H,3-7,9H2,1-2H3,(H3,14,15,16,17). The molecule has 1 aromatic heterocycles. The molecule has 1 atom stereocenters. The monoisotopic (exact) mass is 265 g/mol. The molecule has 1 aliphatic rings. The van der Waals surface area contributed by atoms with E-state index in [-0.39, 0.29) is 5.95 Å². The number of likely N-dealkylation sites (tertiary alicyclic amines) is 1. The maximum Gasteiger partial charge on any atom is 0.225 e. The zero-order chi connectivity index (χ0) is 13.7. The summed E-state index contributed by atoms with van der Waals surface area (Å²) in [6.07, 6.45) is 3.72. The summed E-state index contributed by atoms with van der Waals surface area (Å²) in [6, 6.07) is 2.26. The Labute approximate surface area is 114 Å². The van der Waals surface area contributed by atoms with Crippen molar-refractivity contribution in [1.82, 2.24) is 14.9 Å². The number of nitrogens with zero attached hydrogens (tertiary/aromatic N) is 3. The largest absolute Gasteiger partial charge is 0.476 e. The minimum absolute atomic E-state index is 0.241. The van der Waals surface area contributed by atoms with Gasteiger partial charge in [-0.25, -0.2) is 0 Å². The van der Waals surface area contributed by atoms with Gasteiger partial charge >= 0.3 is 0 Å². The molecule has 0 bridgehead atoms. The van der Waals surface area contributed by atoms with Crippen molar-refractivity contribution in [2.24, 2.45) is 0 Å². The van der Waals surface area contributed by atoms with E-state index in [4.69, 9.17) is 10.5 Å². The topological polar surface area (TPSA) is 76.3 Å². The highest BCUT2D eigenvalue weighted by molar-refractivity contribution is 5.42. The summed E-state index contributed by atoms with van der Waals surface area (Å²) in [4.78, 5) is 10.6. The van der Waals surface area contributed by atoms with Crippen LogP contribution in [0, 0.1) is 0 Å². The van der Waals surface area contributed by atoms with Crippen LogP contribution in [-0.2, 0) is 0 Å². The van der Waals surface area contributed by atoms with Crippen LogP contribution in [0.15, 0.2) is 6.07 Å². The minimum Gasteiger partial charge on any atom is -0.476 e. The molecular weight excluding hydrogens is 242 g/mol. The Hall–Kier alpha value is -1.56. The zero-order valence-corrected chi connectivity index (χ0v) is 11.7. The Bertz CT molecular complexity index is 412. The molecule has 6 heteroatoms. The van der Waals surface area contributed by atoms with Crippen molar-refractivity contribution in [3.63, 3.8) is 0 Å². The molecule has 106 valence electrons. The minimum atomic E-state index is 0.241. The zero-order valence-electron chi connectivity index (χ0n) is 11.7. The maximum absolute atomic E-state index is 5.77. The lowest BCUT2D eigenvalue weighted by Gasteiger charge is -2.31. The molecule has 0 saturated carbocycles. The lowest BCUT2D eigenvalue weighted by molar-refractivity contribution is 0.122. The van der Waals surface area contributed by atoms with E-state index in [1.165, 1.54) is 19.3 Å². The van der Waals surface area contributed by atoms with Gasteiger partial charge in [-0.1, -0.05) is 6.42 Å². The van der Waals surface area contributed by atoms with E-state index in [9.17, 15) is 0 Å². The smallest absolute Gasteiger partial charge is 0.225 e. The number of hydrogen-bond donors (Lipinski definition) is 2. The fourth-order valence-corrected chi connectivity index (χ4v) is 2.32. The third-order valence-corrected chi connectivity index (χ3v) is 3.42. The van der Waals surface area contributed by atoms with Gasteiger partial charge in [-0.05, 0) is 33.4 Å². The van der Waals surface area contributed by atoms with Gasteiger partial charge in [-0.3, -0.25) is 0 Å². The molecule has 2 rings (SSSR count). The summed E-state index contributed by atoms with van der Waals surface area (Å²) >= 11 is 0. The Kier molecular flexibility index (Phi) is 4.79. The third-order valence-electron chi connectivity index (χ3n) is 3.42. The number of nitrogens with two attached hydrogens (primary N) is 1. The number of anilines is 2. The molecule has 1 saturated heterocycles. The lowest BCUT2D eigenvalue weighted by Crippen LogP contribution is -2.40. The first-order valence-corrected chi connectivity index (χ1v) is 6.90. The number of aromatic nitrogens is 2. The van der Waals surface area contributed by atoms with Crippen LogP contribution in [0.2, 0.25) is 0 Å². The highest BCUT2D eigenvalue weighted by Crippen LogP contribution is 2.18. The van der Waals surface area contributed by atoms with Gasteiger partial charge in [0.1, 0.15) is 12.4 Å². The van der Waals surface area contributed by atoms with E-state index >= 15 is 0 Å². The predicted molar refractivity (Wildman–Crippen MR) is 76.4 cm³/mol. The van der Waals surface area contributed by atoms with Crippen LogP contribution in [0.4, 0.5) is 11.8 Å². The van der Waals surface area contributed by atoms with Crippen LogP contribution in [0.5, 0.6) is 5.88 Å². The maximum atomic E-state index is 5.77. The van der Waals surface area contributed by atoms with Crippen LogP contribution < -0.4 is 15.8 Å². The molecule has 3 N–H and O–H groups in total. The van der Waals surface area contributed by atoms with E-state index in [2.05, 4.69) is 27.2 Å². The molecule has 1 fully saturated rings. The molecule has 0 radical (unpaired) electrons. The number of likely N-dealkylation sites (N-methyl/N-ethyl adjacent to an activating group) is 1. The Morgan fingerprint density at radius 1 is 1.47 bits per heavy atom. The molecule has 0 aromatic carbocycles. The summed E-state index contributed by atoms with van der Waals surface area (Å²) in [5.74, 6) is 1.50. The van der Waals surface area contributed by atoms with Crippen molar-refractivity contribution in [2.75, 3.05) is 37.8 Å². The number of nitrogens with one attached hydrogen (secondary N) is 1. The summed E-state index contributed by atoms with van der Waals surface area (Å²) < 4.78 is 5.77. The van der Waals surface area contributed by atoms with Gasteiger partial charge < -0.3 is 20.7 Å². The van der Waals surface area contributed by atoms with Gasteiger partial charge in [0.05, 0.1) is 0 Å². The van der Waals surface area contributed by atoms with Crippen molar-refractivity contribution in [2.45, 2.75) is 32.2 Å². The fourth-order valence-electron chi connectivity index (χ4n) is 2.32. The Morgan fingerprint density at radius 2 is 2.32 bits per heavy atom. The Morgan fingerprint density at radius 3 is 3.05 bits per heavy atom. The quantitative estimate of drug-likeness (QED) is 0.837. The number of hydrogen-bond acceptors (Lipinski definition) is 6.